The van der Waals surface area contributed by atoms with E-state index in [4.69, 9.17) is 5.11 Å². The molecule has 0 bridgehead atoms. The van der Waals surface area contributed by atoms with Crippen LogP contribution in [-0.4, -0.2) is 16.2 Å². The molecule has 0 unspecified atom stereocenters. The minimum absolute atomic E-state index is 0.0385. The fourth-order valence-corrected chi connectivity index (χ4v) is 3.28. The number of carbonyl (C=O) groups is 1. The van der Waals surface area contributed by atoms with Crippen LogP contribution in [0.4, 0.5) is 0 Å². The summed E-state index contributed by atoms with van der Waals surface area (Å²) in [5.74, 6) is -0.687. The number of hydrogen-bond donors (Lipinski definition) is 2. The van der Waals surface area contributed by atoms with E-state index in [-0.39, 0.29) is 12.2 Å². The normalized spacial score (nSPS) is 10.7. The van der Waals surface area contributed by atoms with Crippen LogP contribution < -0.4 is 0 Å². The maximum atomic E-state index is 10.9. The summed E-state index contributed by atoms with van der Waals surface area (Å²) in [6.07, 6.45) is 0.425. The molecule has 0 aliphatic carbocycles. The summed E-state index contributed by atoms with van der Waals surface area (Å²) in [7, 11) is 0. The zero-order valence-electron chi connectivity index (χ0n) is 15.0. The third kappa shape index (κ3) is 3.94. The molecule has 3 rings (SSSR count). The third-order valence-electron chi connectivity index (χ3n) is 4.56. The lowest BCUT2D eigenvalue weighted by atomic mass is 9.92. The largest absolute Gasteiger partial charge is 0.508 e. The highest BCUT2D eigenvalue weighted by Gasteiger charge is 2.11. The Labute approximate surface area is 153 Å². The molecule has 0 fully saturated rings. The number of phenolic OH excluding ortho intramolecular Hbond substituents is 1. The summed E-state index contributed by atoms with van der Waals surface area (Å²) in [6, 6.07) is 19.8. The second-order valence-corrected chi connectivity index (χ2v) is 6.63. The van der Waals surface area contributed by atoms with Gasteiger partial charge in [0.15, 0.2) is 0 Å². The van der Waals surface area contributed by atoms with E-state index >= 15 is 0 Å². The van der Waals surface area contributed by atoms with Crippen molar-refractivity contribution in [1.82, 2.24) is 0 Å². The molecule has 26 heavy (non-hydrogen) atoms. The number of phenols is 1. The van der Waals surface area contributed by atoms with Crippen LogP contribution in [-0.2, 0) is 11.2 Å². The number of benzene rings is 3. The third-order valence-corrected chi connectivity index (χ3v) is 4.56. The minimum atomic E-state index is -0.842. The maximum absolute atomic E-state index is 10.9. The zero-order valence-corrected chi connectivity index (χ0v) is 15.0. The zero-order chi connectivity index (χ0) is 18.7. The van der Waals surface area contributed by atoms with Gasteiger partial charge in [-0.25, -0.2) is 0 Å². The van der Waals surface area contributed by atoms with E-state index in [0.29, 0.717) is 6.42 Å². The molecule has 0 aliphatic rings. The number of aromatic hydroxyl groups is 1. The number of aliphatic carboxylic acids is 1. The van der Waals surface area contributed by atoms with Crippen molar-refractivity contribution in [3.63, 3.8) is 0 Å². The molecule has 0 spiro atoms. The van der Waals surface area contributed by atoms with Gasteiger partial charge in [-0.15, -0.1) is 0 Å². The lowest BCUT2D eigenvalue weighted by Gasteiger charge is -2.13. The van der Waals surface area contributed by atoms with Gasteiger partial charge in [-0.1, -0.05) is 54.1 Å². The smallest absolute Gasteiger partial charge is 0.303 e. The summed E-state index contributed by atoms with van der Waals surface area (Å²) < 4.78 is 0. The van der Waals surface area contributed by atoms with Crippen molar-refractivity contribution >= 4 is 5.97 Å². The lowest BCUT2D eigenvalue weighted by molar-refractivity contribution is -0.136. The topological polar surface area (TPSA) is 57.5 Å². The van der Waals surface area contributed by atoms with Gasteiger partial charge in [0, 0.05) is 6.42 Å². The van der Waals surface area contributed by atoms with E-state index in [0.717, 1.165) is 22.3 Å². The molecule has 0 amide bonds. The first-order chi connectivity index (χ1) is 12.4. The molecule has 3 nitrogen and oxygen atoms in total. The Morgan fingerprint density at radius 1 is 0.885 bits per heavy atom. The molecule has 0 heterocycles. The highest BCUT2D eigenvalue weighted by atomic mass is 16.4. The maximum Gasteiger partial charge on any atom is 0.303 e. The molecule has 3 aromatic rings. The number of hydrogen-bond acceptors (Lipinski definition) is 2. The number of aryl methyl sites for hydroxylation is 3. The van der Waals surface area contributed by atoms with E-state index in [1.165, 1.54) is 16.7 Å². The average Bonchev–Trinajstić information content (AvgIpc) is 2.60. The predicted molar refractivity (Wildman–Crippen MR) is 104 cm³/mol. The van der Waals surface area contributed by atoms with Crippen LogP contribution in [0, 0.1) is 13.8 Å². The monoisotopic (exact) mass is 346 g/mol. The van der Waals surface area contributed by atoms with Crippen LogP contribution in [0.5, 0.6) is 5.75 Å². The van der Waals surface area contributed by atoms with Gasteiger partial charge in [-0.3, -0.25) is 4.79 Å². The van der Waals surface area contributed by atoms with Gasteiger partial charge in [-0.2, -0.15) is 0 Å². The highest BCUT2D eigenvalue weighted by molar-refractivity contribution is 5.76. The predicted octanol–water partition coefficient (Wildman–Crippen LogP) is 5.36. The van der Waals surface area contributed by atoms with Crippen molar-refractivity contribution < 1.29 is 15.0 Å². The van der Waals surface area contributed by atoms with Gasteiger partial charge in [0.05, 0.1) is 0 Å². The molecule has 132 valence electrons. The van der Waals surface area contributed by atoms with Gasteiger partial charge in [-0.05, 0) is 65.8 Å². The molecular formula is C23H22O3. The molecule has 0 radical (unpaired) electrons. The summed E-state index contributed by atoms with van der Waals surface area (Å²) >= 11 is 0. The molecule has 0 aliphatic heterocycles. The molecule has 0 saturated carbocycles. The highest BCUT2D eigenvalue weighted by Crippen LogP contribution is 2.32. The fourth-order valence-electron chi connectivity index (χ4n) is 3.28. The Balaban J connectivity index is 2.00. The van der Waals surface area contributed by atoms with Crippen molar-refractivity contribution in [2.45, 2.75) is 26.7 Å². The van der Waals surface area contributed by atoms with Crippen LogP contribution in [0.1, 0.15) is 23.1 Å². The first kappa shape index (κ1) is 17.7. The Hall–Kier alpha value is -3.07. The molecule has 0 saturated heterocycles. The Morgan fingerprint density at radius 3 is 2.31 bits per heavy atom. The van der Waals surface area contributed by atoms with Crippen LogP contribution in [0.2, 0.25) is 0 Å². The molecular weight excluding hydrogens is 324 g/mol. The van der Waals surface area contributed by atoms with E-state index < -0.39 is 5.97 Å². The first-order valence-corrected chi connectivity index (χ1v) is 8.66. The van der Waals surface area contributed by atoms with Gasteiger partial charge >= 0.3 is 5.97 Å². The Bertz CT molecular complexity index is 957. The first-order valence-electron chi connectivity index (χ1n) is 8.66. The molecule has 3 aromatic carbocycles. The Kier molecular flexibility index (Phi) is 5.08. The molecule has 0 atom stereocenters. The van der Waals surface area contributed by atoms with Crippen molar-refractivity contribution in [2.75, 3.05) is 0 Å². The summed E-state index contributed by atoms with van der Waals surface area (Å²) in [5, 5.41) is 18.7. The standard InChI is InChI=1S/C23H22O3/c1-15-4-3-5-17(12-15)21-9-6-18(13-16(21)2)22-10-8-20(24)14-19(22)7-11-23(25)26/h3-6,8-10,12-14,24H,7,11H2,1-2H3,(H,25,26). The van der Waals surface area contributed by atoms with E-state index in [2.05, 4.69) is 56.3 Å². The SMILES string of the molecule is Cc1cccc(-c2ccc(-c3ccc(O)cc3CCC(=O)O)cc2C)c1. The second-order valence-electron chi connectivity index (χ2n) is 6.63. The minimum Gasteiger partial charge on any atom is -0.508 e. The van der Waals surface area contributed by atoms with Gasteiger partial charge in [0.25, 0.3) is 0 Å². The van der Waals surface area contributed by atoms with Crippen molar-refractivity contribution in [3.05, 3.63) is 77.4 Å². The quantitative estimate of drug-likeness (QED) is 0.654. The molecule has 3 heteroatoms. The van der Waals surface area contributed by atoms with Gasteiger partial charge in [0.1, 0.15) is 5.75 Å². The van der Waals surface area contributed by atoms with Crippen molar-refractivity contribution in [2.24, 2.45) is 0 Å². The fraction of sp³-hybridized carbons (Fsp3) is 0.174. The van der Waals surface area contributed by atoms with E-state index in [1.54, 1.807) is 12.1 Å². The number of carboxylic acids is 1. The van der Waals surface area contributed by atoms with Crippen LogP contribution in [0.3, 0.4) is 0 Å². The number of rotatable bonds is 5. The van der Waals surface area contributed by atoms with Gasteiger partial charge < -0.3 is 10.2 Å². The van der Waals surface area contributed by atoms with Crippen molar-refractivity contribution in [1.29, 1.82) is 0 Å². The van der Waals surface area contributed by atoms with Gasteiger partial charge in [0.2, 0.25) is 0 Å². The lowest BCUT2D eigenvalue weighted by Crippen LogP contribution is -1.99. The summed E-state index contributed by atoms with van der Waals surface area (Å²) in [4.78, 5) is 10.9. The average molecular weight is 346 g/mol. The van der Waals surface area contributed by atoms with Crippen LogP contribution in [0.15, 0.2) is 60.7 Å². The molecule has 2 N–H and O–H groups in total. The summed E-state index contributed by atoms with van der Waals surface area (Å²) in [5.41, 5.74) is 7.58. The number of carboxylic acid groups (broad SMARTS) is 1. The van der Waals surface area contributed by atoms with Crippen LogP contribution >= 0.6 is 0 Å². The van der Waals surface area contributed by atoms with Crippen molar-refractivity contribution in [3.8, 4) is 28.0 Å². The van der Waals surface area contributed by atoms with Crippen LogP contribution in [0.25, 0.3) is 22.3 Å². The second kappa shape index (κ2) is 7.44. The Morgan fingerprint density at radius 2 is 1.62 bits per heavy atom. The van der Waals surface area contributed by atoms with E-state index in [1.807, 2.05) is 6.07 Å². The molecule has 0 aromatic heterocycles. The summed E-state index contributed by atoms with van der Waals surface area (Å²) in [6.45, 7) is 4.16. The van der Waals surface area contributed by atoms with E-state index in [9.17, 15) is 9.90 Å².